The lowest BCUT2D eigenvalue weighted by molar-refractivity contribution is 0.327. The lowest BCUT2D eigenvalue weighted by Crippen LogP contribution is -2.19. The molecule has 0 aliphatic carbocycles. The van der Waals surface area contributed by atoms with Crippen LogP contribution in [0.1, 0.15) is 33.0 Å². The Morgan fingerprint density at radius 1 is 1.50 bits per heavy atom. The second kappa shape index (κ2) is 4.38. The molecule has 0 fully saturated rings. The van der Waals surface area contributed by atoms with Crippen LogP contribution in [0.15, 0.2) is 0 Å². The predicted octanol–water partition coefficient (Wildman–Crippen LogP) is 1.95. The van der Waals surface area contributed by atoms with E-state index >= 15 is 0 Å². The standard InChI is InChI=1S/C9H17BrN4/c1-7(10)5-9(2,3)6-8-11-13-14(4)12-8/h7H,5-6H2,1-4H3. The molecule has 0 N–H and O–H groups in total. The summed E-state index contributed by atoms with van der Waals surface area (Å²) in [4.78, 5) is 2.03. The Balaban J connectivity index is 2.58. The van der Waals surface area contributed by atoms with Gasteiger partial charge in [-0.25, -0.2) is 0 Å². The number of tetrazole rings is 1. The van der Waals surface area contributed by atoms with Crippen molar-refractivity contribution >= 4 is 15.9 Å². The van der Waals surface area contributed by atoms with Gasteiger partial charge in [-0.2, -0.15) is 4.80 Å². The molecule has 1 aromatic heterocycles. The molecule has 4 nitrogen and oxygen atoms in total. The minimum Gasteiger partial charge on any atom is -0.167 e. The van der Waals surface area contributed by atoms with Gasteiger partial charge in [0.15, 0.2) is 5.82 Å². The average molecular weight is 261 g/mol. The van der Waals surface area contributed by atoms with Crippen molar-refractivity contribution < 1.29 is 0 Å². The molecule has 1 unspecified atom stereocenters. The first kappa shape index (κ1) is 11.6. The normalized spacial score (nSPS) is 14.4. The molecule has 0 aliphatic heterocycles. The maximum Gasteiger partial charge on any atom is 0.175 e. The smallest absolute Gasteiger partial charge is 0.167 e. The topological polar surface area (TPSA) is 43.6 Å². The Bertz CT molecular complexity index is 293. The molecule has 0 aliphatic rings. The molecule has 0 spiro atoms. The summed E-state index contributed by atoms with van der Waals surface area (Å²) in [5, 5.41) is 12.0. The Hall–Kier alpha value is -0.450. The number of hydrogen-bond acceptors (Lipinski definition) is 3. The van der Waals surface area contributed by atoms with E-state index in [-0.39, 0.29) is 5.41 Å². The molecule has 1 atom stereocenters. The van der Waals surface area contributed by atoms with Crippen LogP contribution in [-0.4, -0.2) is 25.0 Å². The van der Waals surface area contributed by atoms with Gasteiger partial charge in [-0.15, -0.1) is 10.2 Å². The van der Waals surface area contributed by atoms with Gasteiger partial charge in [0.25, 0.3) is 0 Å². The Kier molecular flexibility index (Phi) is 3.64. The van der Waals surface area contributed by atoms with Gasteiger partial charge >= 0.3 is 0 Å². The van der Waals surface area contributed by atoms with E-state index in [1.54, 1.807) is 7.05 Å². The predicted molar refractivity (Wildman–Crippen MR) is 59.3 cm³/mol. The van der Waals surface area contributed by atoms with Crippen molar-refractivity contribution in [3.8, 4) is 0 Å². The van der Waals surface area contributed by atoms with Crippen molar-refractivity contribution in [1.82, 2.24) is 20.2 Å². The summed E-state index contributed by atoms with van der Waals surface area (Å²) in [5.41, 5.74) is 0.214. The molecule has 0 aromatic carbocycles. The van der Waals surface area contributed by atoms with Crippen molar-refractivity contribution in [3.63, 3.8) is 0 Å². The summed E-state index contributed by atoms with van der Waals surface area (Å²) >= 11 is 3.57. The zero-order valence-electron chi connectivity index (χ0n) is 9.16. The first-order chi connectivity index (χ1) is 6.39. The molecule has 14 heavy (non-hydrogen) atoms. The van der Waals surface area contributed by atoms with Crippen molar-refractivity contribution in [1.29, 1.82) is 0 Å². The fraction of sp³-hybridized carbons (Fsp3) is 0.889. The van der Waals surface area contributed by atoms with Crippen LogP contribution < -0.4 is 0 Å². The molecule has 0 saturated heterocycles. The minimum absolute atomic E-state index is 0.214. The lowest BCUT2D eigenvalue weighted by Gasteiger charge is -2.24. The SMILES string of the molecule is CC(Br)CC(C)(C)Cc1nnn(C)n1. The van der Waals surface area contributed by atoms with Gasteiger partial charge in [0.2, 0.25) is 0 Å². The quantitative estimate of drug-likeness (QED) is 0.778. The van der Waals surface area contributed by atoms with Crippen molar-refractivity contribution in [3.05, 3.63) is 5.82 Å². The van der Waals surface area contributed by atoms with Gasteiger partial charge in [0, 0.05) is 11.2 Å². The molecule has 0 amide bonds. The summed E-state index contributed by atoms with van der Waals surface area (Å²) in [7, 11) is 1.79. The highest BCUT2D eigenvalue weighted by atomic mass is 79.9. The van der Waals surface area contributed by atoms with Crippen LogP contribution in [0.2, 0.25) is 0 Å². The summed E-state index contributed by atoms with van der Waals surface area (Å²) in [6.45, 7) is 6.61. The van der Waals surface area contributed by atoms with Gasteiger partial charge in [0.1, 0.15) is 0 Å². The fourth-order valence-electron chi connectivity index (χ4n) is 1.66. The first-order valence-corrected chi connectivity index (χ1v) is 5.67. The number of aromatic nitrogens is 4. The van der Waals surface area contributed by atoms with Crippen LogP contribution >= 0.6 is 15.9 Å². The minimum atomic E-state index is 0.214. The van der Waals surface area contributed by atoms with E-state index in [4.69, 9.17) is 0 Å². The van der Waals surface area contributed by atoms with Gasteiger partial charge in [0.05, 0.1) is 7.05 Å². The monoisotopic (exact) mass is 260 g/mol. The molecule has 1 rings (SSSR count). The number of rotatable bonds is 4. The molecular formula is C9H17BrN4. The van der Waals surface area contributed by atoms with E-state index in [1.807, 2.05) is 0 Å². The Morgan fingerprint density at radius 3 is 2.57 bits per heavy atom. The zero-order valence-corrected chi connectivity index (χ0v) is 10.7. The number of halogens is 1. The van der Waals surface area contributed by atoms with Crippen molar-refractivity contribution in [2.45, 2.75) is 38.4 Å². The maximum atomic E-state index is 4.18. The molecule has 1 heterocycles. The largest absolute Gasteiger partial charge is 0.175 e. The third-order valence-corrected chi connectivity index (χ3v) is 2.34. The Morgan fingerprint density at radius 2 is 2.14 bits per heavy atom. The van der Waals surface area contributed by atoms with Crippen LogP contribution in [0, 0.1) is 5.41 Å². The van der Waals surface area contributed by atoms with Crippen LogP contribution in [0.4, 0.5) is 0 Å². The number of hydrogen-bond donors (Lipinski definition) is 0. The average Bonchev–Trinajstić information content (AvgIpc) is 2.30. The highest BCUT2D eigenvalue weighted by Crippen LogP contribution is 2.28. The van der Waals surface area contributed by atoms with Crippen LogP contribution in [0.5, 0.6) is 0 Å². The summed E-state index contributed by atoms with van der Waals surface area (Å²) in [6.07, 6.45) is 1.97. The van der Waals surface area contributed by atoms with Gasteiger partial charge in [-0.3, -0.25) is 0 Å². The van der Waals surface area contributed by atoms with Crippen LogP contribution in [0.3, 0.4) is 0 Å². The second-order valence-corrected chi connectivity index (χ2v) is 6.08. The highest BCUT2D eigenvalue weighted by molar-refractivity contribution is 9.09. The molecular weight excluding hydrogens is 244 g/mol. The van der Waals surface area contributed by atoms with Crippen LogP contribution in [-0.2, 0) is 13.5 Å². The van der Waals surface area contributed by atoms with E-state index < -0.39 is 0 Å². The highest BCUT2D eigenvalue weighted by Gasteiger charge is 2.22. The molecule has 1 aromatic rings. The molecule has 0 radical (unpaired) electrons. The molecule has 5 heteroatoms. The van der Waals surface area contributed by atoms with Gasteiger partial charge in [-0.05, 0) is 17.0 Å². The third-order valence-electron chi connectivity index (χ3n) is 2.02. The zero-order chi connectivity index (χ0) is 10.8. The van der Waals surface area contributed by atoms with E-state index in [9.17, 15) is 0 Å². The van der Waals surface area contributed by atoms with E-state index in [0.717, 1.165) is 18.7 Å². The summed E-state index contributed by atoms with van der Waals surface area (Å²) in [5.74, 6) is 0.825. The fourth-order valence-corrected chi connectivity index (χ4v) is 2.53. The Labute approximate surface area is 93.2 Å². The van der Waals surface area contributed by atoms with Gasteiger partial charge < -0.3 is 0 Å². The maximum absolute atomic E-state index is 4.18. The van der Waals surface area contributed by atoms with Crippen LogP contribution in [0.25, 0.3) is 0 Å². The van der Waals surface area contributed by atoms with Gasteiger partial charge in [-0.1, -0.05) is 36.7 Å². The van der Waals surface area contributed by atoms with Crippen molar-refractivity contribution in [2.24, 2.45) is 12.5 Å². The second-order valence-electron chi connectivity index (χ2n) is 4.52. The first-order valence-electron chi connectivity index (χ1n) is 4.76. The number of aryl methyl sites for hydroxylation is 1. The lowest BCUT2D eigenvalue weighted by atomic mass is 9.84. The van der Waals surface area contributed by atoms with Crippen molar-refractivity contribution in [2.75, 3.05) is 0 Å². The summed E-state index contributed by atoms with van der Waals surface area (Å²) in [6, 6.07) is 0. The molecule has 0 saturated carbocycles. The molecule has 0 bridgehead atoms. The van der Waals surface area contributed by atoms with E-state index in [1.165, 1.54) is 4.80 Å². The van der Waals surface area contributed by atoms with E-state index in [0.29, 0.717) is 4.83 Å². The molecule has 80 valence electrons. The summed E-state index contributed by atoms with van der Waals surface area (Å²) < 4.78 is 0. The van der Waals surface area contributed by atoms with E-state index in [2.05, 4.69) is 52.1 Å². The number of alkyl halides is 1. The number of nitrogens with zero attached hydrogens (tertiary/aromatic N) is 4. The third kappa shape index (κ3) is 3.74.